The van der Waals surface area contributed by atoms with Crippen molar-refractivity contribution in [1.82, 2.24) is 4.98 Å². The molecule has 1 aromatic rings. The van der Waals surface area contributed by atoms with Gasteiger partial charge in [-0.15, -0.1) is 13.2 Å². The lowest BCUT2D eigenvalue weighted by Gasteiger charge is -2.11. The molecule has 0 saturated heterocycles. The second-order valence-electron chi connectivity index (χ2n) is 3.16. The lowest BCUT2D eigenvalue weighted by molar-refractivity contribution is -0.390. The van der Waals surface area contributed by atoms with Crippen LogP contribution in [0, 0.1) is 10.1 Å². The SMILES string of the molecule is COc1c(S(N)(=O)=O)cnc(OC(F)(F)F)c1[N+](=O)[O-]. The van der Waals surface area contributed by atoms with Crippen molar-refractivity contribution < 1.29 is 36.0 Å². The molecule has 112 valence electrons. The summed E-state index contributed by atoms with van der Waals surface area (Å²) in [6.45, 7) is 0. The smallest absolute Gasteiger partial charge is 0.489 e. The molecule has 0 bridgehead atoms. The number of rotatable bonds is 4. The minimum absolute atomic E-state index is 0.363. The number of ether oxygens (including phenoxy) is 2. The molecule has 0 aliphatic heterocycles. The highest BCUT2D eigenvalue weighted by Crippen LogP contribution is 2.40. The van der Waals surface area contributed by atoms with E-state index in [1.807, 2.05) is 0 Å². The molecular formula is C7H6F3N3O6S. The van der Waals surface area contributed by atoms with Gasteiger partial charge in [-0.2, -0.15) is 0 Å². The van der Waals surface area contributed by atoms with Crippen molar-refractivity contribution >= 4 is 15.7 Å². The van der Waals surface area contributed by atoms with Crippen LogP contribution in [0.1, 0.15) is 0 Å². The first-order valence-corrected chi connectivity index (χ1v) is 6.02. The molecular weight excluding hydrogens is 311 g/mol. The summed E-state index contributed by atoms with van der Waals surface area (Å²) in [5.41, 5.74) is -1.41. The molecule has 0 aromatic carbocycles. The van der Waals surface area contributed by atoms with Gasteiger partial charge in [0.2, 0.25) is 15.8 Å². The fourth-order valence-corrected chi connectivity index (χ4v) is 1.83. The third-order valence-corrected chi connectivity index (χ3v) is 2.75. The molecule has 0 aliphatic rings. The summed E-state index contributed by atoms with van der Waals surface area (Å²) in [4.78, 5) is 11.4. The van der Waals surface area contributed by atoms with E-state index < -0.39 is 43.5 Å². The maximum Gasteiger partial charge on any atom is 0.574 e. The van der Waals surface area contributed by atoms with Crippen molar-refractivity contribution in [2.45, 2.75) is 11.3 Å². The van der Waals surface area contributed by atoms with Gasteiger partial charge in [0.1, 0.15) is 4.90 Å². The monoisotopic (exact) mass is 317 g/mol. The number of alkyl halides is 3. The summed E-state index contributed by atoms with van der Waals surface area (Å²) in [7, 11) is -3.68. The van der Waals surface area contributed by atoms with Gasteiger partial charge in [-0.1, -0.05) is 0 Å². The van der Waals surface area contributed by atoms with E-state index >= 15 is 0 Å². The van der Waals surface area contributed by atoms with Gasteiger partial charge in [0.05, 0.1) is 18.2 Å². The number of sulfonamides is 1. The second-order valence-corrected chi connectivity index (χ2v) is 4.69. The van der Waals surface area contributed by atoms with E-state index in [-0.39, 0.29) is 0 Å². The summed E-state index contributed by atoms with van der Waals surface area (Å²) < 4.78 is 66.3. The van der Waals surface area contributed by atoms with Crippen LogP contribution < -0.4 is 14.6 Å². The lowest BCUT2D eigenvalue weighted by atomic mass is 10.3. The zero-order valence-corrected chi connectivity index (χ0v) is 10.4. The van der Waals surface area contributed by atoms with Crippen LogP contribution in [0.3, 0.4) is 0 Å². The van der Waals surface area contributed by atoms with Gasteiger partial charge in [-0.05, 0) is 0 Å². The van der Waals surface area contributed by atoms with Crippen molar-refractivity contribution in [3.63, 3.8) is 0 Å². The molecule has 0 fully saturated rings. The van der Waals surface area contributed by atoms with Crippen LogP contribution in [0.15, 0.2) is 11.1 Å². The number of halogens is 3. The van der Waals surface area contributed by atoms with Gasteiger partial charge in [0.25, 0.3) is 0 Å². The molecule has 1 heterocycles. The Labute approximate surface area is 109 Å². The van der Waals surface area contributed by atoms with Crippen LogP contribution in [-0.4, -0.2) is 31.8 Å². The summed E-state index contributed by atoms with van der Waals surface area (Å²) in [5.74, 6) is -2.47. The number of nitrogens with two attached hydrogens (primary N) is 1. The van der Waals surface area contributed by atoms with Crippen molar-refractivity contribution in [2.24, 2.45) is 5.14 Å². The Morgan fingerprint density at radius 1 is 1.45 bits per heavy atom. The van der Waals surface area contributed by atoms with Crippen LogP contribution in [0.5, 0.6) is 11.6 Å². The highest BCUT2D eigenvalue weighted by molar-refractivity contribution is 7.89. The normalized spacial score (nSPS) is 12.1. The topological polar surface area (TPSA) is 135 Å². The molecule has 0 unspecified atom stereocenters. The van der Waals surface area contributed by atoms with Gasteiger partial charge in [0.15, 0.2) is 0 Å². The largest absolute Gasteiger partial charge is 0.574 e. The first-order chi connectivity index (χ1) is 8.97. The number of pyridine rings is 1. The maximum absolute atomic E-state index is 12.1. The number of hydrogen-bond donors (Lipinski definition) is 1. The van der Waals surface area contributed by atoms with Crippen LogP contribution in [0.2, 0.25) is 0 Å². The first-order valence-electron chi connectivity index (χ1n) is 4.47. The Morgan fingerprint density at radius 2 is 2.00 bits per heavy atom. The fourth-order valence-electron chi connectivity index (χ4n) is 1.20. The molecule has 13 heteroatoms. The number of hydrogen-bond acceptors (Lipinski definition) is 7. The Kier molecular flexibility index (Phi) is 4.04. The van der Waals surface area contributed by atoms with E-state index in [0.717, 1.165) is 7.11 Å². The molecule has 0 spiro atoms. The number of methoxy groups -OCH3 is 1. The summed E-state index contributed by atoms with van der Waals surface area (Å²) in [5, 5.41) is 15.5. The Balaban J connectivity index is 3.63. The standard InChI is InChI=1S/C7H6F3N3O6S/c1-18-5-3(20(11,16)17)2-12-6(4(5)13(14)15)19-7(8,9)10/h2H,1H3,(H2,11,16,17). The molecule has 0 aliphatic carbocycles. The molecule has 0 atom stereocenters. The van der Waals surface area contributed by atoms with Crippen LogP contribution in [0.25, 0.3) is 0 Å². The van der Waals surface area contributed by atoms with Crippen molar-refractivity contribution in [3.8, 4) is 11.6 Å². The van der Waals surface area contributed by atoms with E-state index in [1.54, 1.807) is 0 Å². The Hall–Kier alpha value is -2.15. The quantitative estimate of drug-likeness (QED) is 0.632. The Bertz CT molecular complexity index is 644. The predicted octanol–water partition coefficient (Wildman–Crippen LogP) is 0.544. The summed E-state index contributed by atoms with van der Waals surface area (Å²) in [6, 6.07) is 0. The summed E-state index contributed by atoms with van der Waals surface area (Å²) in [6.07, 6.45) is -4.89. The minimum atomic E-state index is -5.26. The number of aromatic nitrogens is 1. The predicted molar refractivity (Wildman–Crippen MR) is 55.5 cm³/mol. The Morgan fingerprint density at radius 3 is 2.35 bits per heavy atom. The van der Waals surface area contributed by atoms with Gasteiger partial charge < -0.3 is 9.47 Å². The third kappa shape index (κ3) is 3.45. The van der Waals surface area contributed by atoms with E-state index in [2.05, 4.69) is 14.5 Å². The fraction of sp³-hybridized carbons (Fsp3) is 0.286. The van der Waals surface area contributed by atoms with Gasteiger partial charge in [0, 0.05) is 0 Å². The van der Waals surface area contributed by atoms with E-state index in [9.17, 15) is 31.7 Å². The molecule has 1 aromatic heterocycles. The van der Waals surface area contributed by atoms with E-state index in [1.165, 1.54) is 0 Å². The maximum atomic E-state index is 12.1. The molecule has 1 rings (SSSR count). The van der Waals surface area contributed by atoms with Crippen LogP contribution in [-0.2, 0) is 10.0 Å². The first kappa shape index (κ1) is 15.9. The molecule has 0 amide bonds. The summed E-state index contributed by atoms with van der Waals surface area (Å²) >= 11 is 0. The number of nitrogens with zero attached hydrogens (tertiary/aromatic N) is 2. The zero-order chi connectivity index (χ0) is 15.7. The van der Waals surface area contributed by atoms with Crippen molar-refractivity contribution in [3.05, 3.63) is 16.3 Å². The molecule has 9 nitrogen and oxygen atoms in total. The van der Waals surface area contributed by atoms with E-state index in [0.29, 0.717) is 6.20 Å². The average molecular weight is 317 g/mol. The van der Waals surface area contributed by atoms with Crippen molar-refractivity contribution in [1.29, 1.82) is 0 Å². The second kappa shape index (κ2) is 5.09. The zero-order valence-electron chi connectivity index (χ0n) is 9.54. The average Bonchev–Trinajstić information content (AvgIpc) is 2.23. The third-order valence-electron chi connectivity index (χ3n) is 1.85. The van der Waals surface area contributed by atoms with Crippen molar-refractivity contribution in [2.75, 3.05) is 7.11 Å². The lowest BCUT2D eigenvalue weighted by Crippen LogP contribution is -2.20. The molecule has 20 heavy (non-hydrogen) atoms. The van der Waals surface area contributed by atoms with Crippen LogP contribution >= 0.6 is 0 Å². The van der Waals surface area contributed by atoms with Gasteiger partial charge >= 0.3 is 17.9 Å². The highest BCUT2D eigenvalue weighted by Gasteiger charge is 2.39. The minimum Gasteiger partial charge on any atom is -0.489 e. The van der Waals surface area contributed by atoms with Gasteiger partial charge in [-0.25, -0.2) is 18.5 Å². The van der Waals surface area contributed by atoms with Gasteiger partial charge in [-0.3, -0.25) is 10.1 Å². The molecule has 2 N–H and O–H groups in total. The number of primary sulfonamides is 1. The van der Waals surface area contributed by atoms with E-state index in [4.69, 9.17) is 5.14 Å². The molecule has 0 radical (unpaired) electrons. The number of nitro groups is 1. The highest BCUT2D eigenvalue weighted by atomic mass is 32.2. The molecule has 0 saturated carbocycles. The van der Waals surface area contributed by atoms with Crippen LogP contribution in [0.4, 0.5) is 18.9 Å².